The van der Waals surface area contributed by atoms with E-state index in [1.54, 1.807) is 47.6 Å². The number of likely N-dealkylation sites (tertiary alicyclic amines) is 1. The number of nitrogens with one attached hydrogen (secondary N) is 1. The van der Waals surface area contributed by atoms with Crippen molar-refractivity contribution in [2.45, 2.75) is 12.8 Å². The normalized spacial score (nSPS) is 15.0. The van der Waals surface area contributed by atoms with Crippen LogP contribution in [0.15, 0.2) is 48.8 Å². The van der Waals surface area contributed by atoms with Crippen molar-refractivity contribution in [3.63, 3.8) is 0 Å². The van der Waals surface area contributed by atoms with Crippen LogP contribution in [0.3, 0.4) is 0 Å². The number of benzene rings is 1. The van der Waals surface area contributed by atoms with Gasteiger partial charge in [-0.05, 0) is 49.1 Å². The summed E-state index contributed by atoms with van der Waals surface area (Å²) in [5, 5.41) is 12.4. The number of hydrogen-bond acceptors (Lipinski definition) is 4. The van der Waals surface area contributed by atoms with Gasteiger partial charge in [-0.2, -0.15) is 0 Å². The Kier molecular flexibility index (Phi) is 5.28. The zero-order valence-electron chi connectivity index (χ0n) is 13.9. The number of hydrogen-bond donors (Lipinski definition) is 2. The van der Waals surface area contributed by atoms with E-state index in [2.05, 4.69) is 10.3 Å². The van der Waals surface area contributed by atoms with Gasteiger partial charge in [0.05, 0.1) is 5.56 Å². The van der Waals surface area contributed by atoms with Crippen LogP contribution in [-0.4, -0.2) is 46.4 Å². The number of aromatic hydroxyl groups is 1. The van der Waals surface area contributed by atoms with Crippen LogP contribution in [0, 0.1) is 5.92 Å². The summed E-state index contributed by atoms with van der Waals surface area (Å²) in [6.07, 6.45) is 4.87. The van der Waals surface area contributed by atoms with Gasteiger partial charge in [-0.15, -0.1) is 0 Å². The molecule has 0 radical (unpaired) electrons. The van der Waals surface area contributed by atoms with Gasteiger partial charge in [-0.3, -0.25) is 14.6 Å². The zero-order valence-corrected chi connectivity index (χ0v) is 13.9. The summed E-state index contributed by atoms with van der Waals surface area (Å²) >= 11 is 0. The first kappa shape index (κ1) is 17.0. The number of amides is 2. The molecule has 130 valence electrons. The molecule has 1 aliphatic rings. The second-order valence-electron chi connectivity index (χ2n) is 6.24. The fraction of sp³-hybridized carbons (Fsp3) is 0.316. The quantitative estimate of drug-likeness (QED) is 0.893. The van der Waals surface area contributed by atoms with Crippen molar-refractivity contribution < 1.29 is 14.7 Å². The molecular formula is C19H21N3O3. The number of phenols is 1. The van der Waals surface area contributed by atoms with Crippen molar-refractivity contribution in [3.8, 4) is 5.75 Å². The van der Waals surface area contributed by atoms with E-state index in [0.717, 1.165) is 12.8 Å². The van der Waals surface area contributed by atoms with E-state index in [4.69, 9.17) is 0 Å². The van der Waals surface area contributed by atoms with Crippen LogP contribution in [0.5, 0.6) is 5.75 Å². The number of nitrogens with zero attached hydrogens (tertiary/aromatic N) is 2. The van der Waals surface area contributed by atoms with Crippen molar-refractivity contribution in [2.75, 3.05) is 19.6 Å². The second-order valence-corrected chi connectivity index (χ2v) is 6.24. The molecule has 0 unspecified atom stereocenters. The van der Waals surface area contributed by atoms with E-state index < -0.39 is 0 Å². The third kappa shape index (κ3) is 4.35. The molecule has 0 atom stereocenters. The van der Waals surface area contributed by atoms with Crippen LogP contribution >= 0.6 is 0 Å². The van der Waals surface area contributed by atoms with Crippen LogP contribution in [0.2, 0.25) is 0 Å². The molecule has 2 amide bonds. The Morgan fingerprint density at radius 2 is 1.92 bits per heavy atom. The van der Waals surface area contributed by atoms with Gasteiger partial charge in [0, 0.05) is 37.6 Å². The van der Waals surface area contributed by atoms with Gasteiger partial charge in [-0.1, -0.05) is 6.07 Å². The minimum Gasteiger partial charge on any atom is -0.508 e. The monoisotopic (exact) mass is 339 g/mol. The van der Waals surface area contributed by atoms with Gasteiger partial charge in [0.15, 0.2) is 0 Å². The Hall–Kier alpha value is -2.89. The van der Waals surface area contributed by atoms with Gasteiger partial charge in [0.1, 0.15) is 5.75 Å². The van der Waals surface area contributed by atoms with Crippen molar-refractivity contribution in [1.82, 2.24) is 15.2 Å². The third-order valence-corrected chi connectivity index (χ3v) is 4.47. The molecule has 1 aromatic heterocycles. The highest BCUT2D eigenvalue weighted by molar-refractivity contribution is 5.95. The standard InChI is InChI=1S/C19H21N3O3/c23-17-5-1-3-15(11-17)19(25)22-9-6-14(7-10-22)12-21-18(24)16-4-2-8-20-13-16/h1-5,8,11,13-14,23H,6-7,9-10,12H2,(H,21,24). The van der Waals surface area contributed by atoms with Crippen molar-refractivity contribution in [1.29, 1.82) is 0 Å². The number of carbonyl (C=O) groups excluding carboxylic acids is 2. The summed E-state index contributed by atoms with van der Waals surface area (Å²) in [5.74, 6) is 0.271. The van der Waals surface area contributed by atoms with Gasteiger partial charge in [-0.25, -0.2) is 0 Å². The average molecular weight is 339 g/mol. The number of piperidine rings is 1. The lowest BCUT2D eigenvalue weighted by atomic mass is 9.96. The van der Waals surface area contributed by atoms with Crippen LogP contribution in [0.4, 0.5) is 0 Å². The van der Waals surface area contributed by atoms with E-state index >= 15 is 0 Å². The number of pyridine rings is 1. The van der Waals surface area contributed by atoms with Crippen LogP contribution in [0.1, 0.15) is 33.6 Å². The molecule has 1 fully saturated rings. The molecule has 25 heavy (non-hydrogen) atoms. The Balaban J connectivity index is 1.47. The molecule has 2 heterocycles. The first-order chi connectivity index (χ1) is 12.1. The zero-order chi connectivity index (χ0) is 17.6. The first-order valence-corrected chi connectivity index (χ1v) is 8.40. The predicted octanol–water partition coefficient (Wildman–Crippen LogP) is 2.07. The Bertz CT molecular complexity index is 741. The molecule has 6 heteroatoms. The largest absolute Gasteiger partial charge is 0.508 e. The fourth-order valence-electron chi connectivity index (χ4n) is 3.00. The van der Waals surface area contributed by atoms with Crippen molar-refractivity contribution in [2.24, 2.45) is 5.92 Å². The lowest BCUT2D eigenvalue weighted by Crippen LogP contribution is -2.41. The summed E-state index contributed by atoms with van der Waals surface area (Å²) in [7, 11) is 0. The van der Waals surface area contributed by atoms with Crippen molar-refractivity contribution >= 4 is 11.8 Å². The molecule has 1 aromatic carbocycles. The Morgan fingerprint density at radius 1 is 1.16 bits per heavy atom. The predicted molar refractivity (Wildman–Crippen MR) is 93.3 cm³/mol. The lowest BCUT2D eigenvalue weighted by molar-refractivity contribution is 0.0684. The van der Waals surface area contributed by atoms with Gasteiger partial charge in [0.25, 0.3) is 11.8 Å². The van der Waals surface area contributed by atoms with Crippen LogP contribution in [0.25, 0.3) is 0 Å². The van der Waals surface area contributed by atoms with Gasteiger partial charge in [0.2, 0.25) is 0 Å². The van der Waals surface area contributed by atoms with E-state index in [9.17, 15) is 14.7 Å². The van der Waals surface area contributed by atoms with E-state index in [1.807, 2.05) is 0 Å². The highest BCUT2D eigenvalue weighted by Gasteiger charge is 2.24. The summed E-state index contributed by atoms with van der Waals surface area (Å²) in [6, 6.07) is 9.89. The van der Waals surface area contributed by atoms with Gasteiger partial charge < -0.3 is 15.3 Å². The first-order valence-electron chi connectivity index (χ1n) is 8.40. The Labute approximate surface area is 146 Å². The smallest absolute Gasteiger partial charge is 0.253 e. The molecule has 2 N–H and O–H groups in total. The maximum absolute atomic E-state index is 12.4. The van der Waals surface area contributed by atoms with Crippen LogP contribution < -0.4 is 5.32 Å². The molecule has 0 bridgehead atoms. The average Bonchev–Trinajstić information content (AvgIpc) is 2.66. The maximum atomic E-state index is 12.4. The highest BCUT2D eigenvalue weighted by Crippen LogP contribution is 2.20. The third-order valence-electron chi connectivity index (χ3n) is 4.47. The molecule has 1 saturated heterocycles. The number of phenolic OH excluding ortho intramolecular Hbond substituents is 1. The molecule has 3 rings (SSSR count). The molecule has 1 aliphatic heterocycles. The minimum absolute atomic E-state index is 0.0613. The van der Waals surface area contributed by atoms with Crippen LogP contribution in [-0.2, 0) is 0 Å². The lowest BCUT2D eigenvalue weighted by Gasteiger charge is -2.32. The maximum Gasteiger partial charge on any atom is 0.253 e. The second kappa shape index (κ2) is 7.79. The molecule has 0 saturated carbocycles. The highest BCUT2D eigenvalue weighted by atomic mass is 16.3. The SMILES string of the molecule is O=C(NCC1CCN(C(=O)c2cccc(O)c2)CC1)c1cccnc1. The fourth-order valence-corrected chi connectivity index (χ4v) is 3.00. The minimum atomic E-state index is -0.119. The van der Waals surface area contributed by atoms with Gasteiger partial charge >= 0.3 is 0 Å². The molecular weight excluding hydrogens is 318 g/mol. The Morgan fingerprint density at radius 3 is 2.60 bits per heavy atom. The number of carbonyl (C=O) groups is 2. The summed E-state index contributed by atoms with van der Waals surface area (Å²) in [5.41, 5.74) is 1.06. The summed E-state index contributed by atoms with van der Waals surface area (Å²) in [6.45, 7) is 1.91. The molecule has 0 spiro atoms. The van der Waals surface area contributed by atoms with Crippen molar-refractivity contribution in [3.05, 3.63) is 59.9 Å². The number of aromatic nitrogens is 1. The summed E-state index contributed by atoms with van der Waals surface area (Å²) in [4.78, 5) is 30.2. The molecule has 0 aliphatic carbocycles. The molecule has 6 nitrogen and oxygen atoms in total. The summed E-state index contributed by atoms with van der Waals surface area (Å²) < 4.78 is 0. The molecule has 2 aromatic rings. The topological polar surface area (TPSA) is 82.5 Å². The number of rotatable bonds is 4. The van der Waals surface area contributed by atoms with E-state index in [1.165, 1.54) is 6.07 Å². The van der Waals surface area contributed by atoms with E-state index in [0.29, 0.717) is 36.7 Å². The van der Waals surface area contributed by atoms with E-state index in [-0.39, 0.29) is 17.6 Å².